The van der Waals surface area contributed by atoms with Crippen LogP contribution < -0.4 is 5.32 Å². The summed E-state index contributed by atoms with van der Waals surface area (Å²) in [5.74, 6) is -1.20. The Morgan fingerprint density at radius 3 is 2.26 bits per heavy atom. The summed E-state index contributed by atoms with van der Waals surface area (Å²) < 4.78 is 32.7. The highest BCUT2D eigenvalue weighted by molar-refractivity contribution is 7.89. The smallest absolute Gasteiger partial charge is 0.338 e. The Balaban J connectivity index is 1.69. The average molecular weight is 445 g/mol. The number of anilines is 1. The molecule has 1 aliphatic heterocycles. The molecule has 1 heterocycles. The SMILES string of the molecule is Cc1ccc(C(=O)OCC(=O)Nc2c(C)cccc2C)cc1S(=O)(=O)N1CCCCC1. The Kier molecular flexibility index (Phi) is 7.12. The van der Waals surface area contributed by atoms with Crippen molar-refractivity contribution in [1.82, 2.24) is 4.31 Å². The average Bonchev–Trinajstić information content (AvgIpc) is 2.75. The minimum Gasteiger partial charge on any atom is -0.452 e. The zero-order valence-electron chi connectivity index (χ0n) is 18.1. The van der Waals surface area contributed by atoms with Gasteiger partial charge in [0.1, 0.15) is 0 Å². The Morgan fingerprint density at radius 1 is 0.968 bits per heavy atom. The Bertz CT molecular complexity index is 1070. The summed E-state index contributed by atoms with van der Waals surface area (Å²) in [6.07, 6.45) is 2.67. The summed E-state index contributed by atoms with van der Waals surface area (Å²) >= 11 is 0. The first kappa shape index (κ1) is 23.0. The molecular formula is C23H28N2O5S. The molecule has 8 heteroatoms. The molecule has 0 bridgehead atoms. The van der Waals surface area contributed by atoms with E-state index in [1.54, 1.807) is 13.0 Å². The van der Waals surface area contributed by atoms with Gasteiger partial charge in [0.05, 0.1) is 10.5 Å². The van der Waals surface area contributed by atoms with Crippen molar-refractivity contribution in [3.63, 3.8) is 0 Å². The quantitative estimate of drug-likeness (QED) is 0.688. The normalized spacial score (nSPS) is 14.8. The first-order valence-corrected chi connectivity index (χ1v) is 11.8. The topological polar surface area (TPSA) is 92.8 Å². The van der Waals surface area contributed by atoms with Crippen LogP contribution in [0.3, 0.4) is 0 Å². The van der Waals surface area contributed by atoms with Crippen molar-refractivity contribution in [3.05, 3.63) is 58.7 Å². The van der Waals surface area contributed by atoms with Gasteiger partial charge >= 0.3 is 5.97 Å². The molecule has 2 aromatic carbocycles. The number of piperidine rings is 1. The highest BCUT2D eigenvalue weighted by Crippen LogP contribution is 2.25. The van der Waals surface area contributed by atoms with E-state index in [0.29, 0.717) is 24.3 Å². The molecule has 0 radical (unpaired) electrons. The molecular weight excluding hydrogens is 416 g/mol. The number of amides is 1. The summed E-state index contributed by atoms with van der Waals surface area (Å²) in [6, 6.07) is 10.1. The molecule has 166 valence electrons. The molecule has 3 rings (SSSR count). The van der Waals surface area contributed by atoms with E-state index in [0.717, 1.165) is 30.4 Å². The lowest BCUT2D eigenvalue weighted by Crippen LogP contribution is -2.36. The lowest BCUT2D eigenvalue weighted by molar-refractivity contribution is -0.119. The first-order valence-electron chi connectivity index (χ1n) is 10.3. The maximum atomic E-state index is 13.0. The van der Waals surface area contributed by atoms with E-state index < -0.39 is 28.5 Å². The number of esters is 1. The van der Waals surface area contributed by atoms with Crippen molar-refractivity contribution in [1.29, 1.82) is 0 Å². The summed E-state index contributed by atoms with van der Waals surface area (Å²) in [4.78, 5) is 24.8. The first-order chi connectivity index (χ1) is 14.7. The van der Waals surface area contributed by atoms with Gasteiger partial charge in [-0.15, -0.1) is 0 Å². The third-order valence-corrected chi connectivity index (χ3v) is 7.48. The standard InChI is InChI=1S/C23H28N2O5S/c1-16-10-11-19(14-20(16)31(28,29)25-12-5-4-6-13-25)23(27)30-15-21(26)24-22-17(2)8-7-9-18(22)3/h7-11,14H,4-6,12-13,15H2,1-3H3,(H,24,26). The number of nitrogens with one attached hydrogen (secondary N) is 1. The zero-order chi connectivity index (χ0) is 22.6. The number of para-hydroxylation sites is 1. The molecule has 0 aliphatic carbocycles. The second-order valence-electron chi connectivity index (χ2n) is 7.84. The number of carbonyl (C=O) groups excluding carboxylic acids is 2. The van der Waals surface area contributed by atoms with Crippen LogP contribution in [-0.4, -0.2) is 44.3 Å². The van der Waals surface area contributed by atoms with E-state index in [-0.39, 0.29) is 10.5 Å². The molecule has 0 spiro atoms. The summed E-state index contributed by atoms with van der Waals surface area (Å²) in [6.45, 7) is 5.96. The lowest BCUT2D eigenvalue weighted by atomic mass is 10.1. The summed E-state index contributed by atoms with van der Waals surface area (Å²) in [5, 5.41) is 2.75. The highest BCUT2D eigenvalue weighted by Gasteiger charge is 2.28. The summed E-state index contributed by atoms with van der Waals surface area (Å²) in [7, 11) is -3.68. The molecule has 1 aliphatic rings. The summed E-state index contributed by atoms with van der Waals surface area (Å²) in [5.41, 5.74) is 3.17. The van der Waals surface area contributed by atoms with Crippen molar-refractivity contribution in [3.8, 4) is 0 Å². The molecule has 0 aromatic heterocycles. The van der Waals surface area contributed by atoms with Crippen LogP contribution in [0.1, 0.15) is 46.3 Å². The van der Waals surface area contributed by atoms with Gasteiger partial charge in [0.15, 0.2) is 6.61 Å². The number of benzene rings is 2. The Labute approximate surface area is 183 Å². The van der Waals surface area contributed by atoms with E-state index in [9.17, 15) is 18.0 Å². The molecule has 2 aromatic rings. The monoisotopic (exact) mass is 444 g/mol. The second-order valence-corrected chi connectivity index (χ2v) is 9.74. The van der Waals surface area contributed by atoms with Gasteiger partial charge in [-0.1, -0.05) is 30.7 Å². The van der Waals surface area contributed by atoms with Crippen LogP contribution in [0.25, 0.3) is 0 Å². The third kappa shape index (κ3) is 5.32. The zero-order valence-corrected chi connectivity index (χ0v) is 18.9. The molecule has 1 fully saturated rings. The fourth-order valence-corrected chi connectivity index (χ4v) is 5.42. The van der Waals surface area contributed by atoms with Crippen LogP contribution in [0.5, 0.6) is 0 Å². The molecule has 0 saturated carbocycles. The number of hydrogen-bond donors (Lipinski definition) is 1. The molecule has 1 saturated heterocycles. The van der Waals surface area contributed by atoms with Crippen LogP contribution in [0.15, 0.2) is 41.3 Å². The fraction of sp³-hybridized carbons (Fsp3) is 0.391. The van der Waals surface area contributed by atoms with Gasteiger partial charge in [0, 0.05) is 18.8 Å². The van der Waals surface area contributed by atoms with E-state index >= 15 is 0 Å². The number of ether oxygens (including phenoxy) is 1. The number of sulfonamides is 1. The van der Waals surface area contributed by atoms with Gasteiger partial charge in [-0.3, -0.25) is 4.79 Å². The van der Waals surface area contributed by atoms with Gasteiger partial charge in [0.2, 0.25) is 10.0 Å². The maximum absolute atomic E-state index is 13.0. The van der Waals surface area contributed by atoms with E-state index in [1.807, 2.05) is 32.0 Å². The lowest BCUT2D eigenvalue weighted by Gasteiger charge is -2.26. The number of carbonyl (C=O) groups is 2. The Hall–Kier alpha value is -2.71. The van der Waals surface area contributed by atoms with E-state index in [2.05, 4.69) is 5.32 Å². The molecule has 31 heavy (non-hydrogen) atoms. The number of aryl methyl sites for hydroxylation is 3. The third-order valence-electron chi connectivity index (χ3n) is 5.44. The van der Waals surface area contributed by atoms with Gasteiger partial charge in [0.25, 0.3) is 5.91 Å². The predicted octanol–water partition coefficient (Wildman–Crippen LogP) is 3.58. The molecule has 1 amide bonds. The number of rotatable bonds is 6. The van der Waals surface area contributed by atoms with Crippen molar-refractivity contribution >= 4 is 27.6 Å². The molecule has 0 atom stereocenters. The molecule has 1 N–H and O–H groups in total. The maximum Gasteiger partial charge on any atom is 0.338 e. The number of nitrogens with zero attached hydrogens (tertiary/aromatic N) is 1. The predicted molar refractivity (Wildman–Crippen MR) is 119 cm³/mol. The number of hydrogen-bond acceptors (Lipinski definition) is 5. The van der Waals surface area contributed by atoms with Gasteiger partial charge in [-0.2, -0.15) is 4.31 Å². The minimum absolute atomic E-state index is 0.0982. The van der Waals surface area contributed by atoms with Crippen LogP contribution in [0.2, 0.25) is 0 Å². The molecule has 7 nitrogen and oxygen atoms in total. The minimum atomic E-state index is -3.68. The van der Waals surface area contributed by atoms with Gasteiger partial charge < -0.3 is 10.1 Å². The van der Waals surface area contributed by atoms with Crippen LogP contribution >= 0.6 is 0 Å². The fourth-order valence-electron chi connectivity index (χ4n) is 3.65. The Morgan fingerprint density at radius 2 is 1.61 bits per heavy atom. The van der Waals surface area contributed by atoms with Crippen LogP contribution in [0.4, 0.5) is 5.69 Å². The van der Waals surface area contributed by atoms with Crippen molar-refractivity contribution in [2.45, 2.75) is 44.9 Å². The van der Waals surface area contributed by atoms with E-state index in [1.165, 1.54) is 16.4 Å². The largest absolute Gasteiger partial charge is 0.452 e. The second kappa shape index (κ2) is 9.62. The highest BCUT2D eigenvalue weighted by atomic mass is 32.2. The van der Waals surface area contributed by atoms with Crippen LogP contribution in [0, 0.1) is 20.8 Å². The van der Waals surface area contributed by atoms with Crippen molar-refractivity contribution in [2.75, 3.05) is 25.0 Å². The van der Waals surface area contributed by atoms with E-state index in [4.69, 9.17) is 4.74 Å². The molecule has 0 unspecified atom stereocenters. The van der Waals surface area contributed by atoms with Gasteiger partial charge in [-0.05, 0) is 62.4 Å². The van der Waals surface area contributed by atoms with Crippen molar-refractivity contribution < 1.29 is 22.7 Å². The van der Waals surface area contributed by atoms with Gasteiger partial charge in [-0.25, -0.2) is 13.2 Å². The van der Waals surface area contributed by atoms with Crippen LogP contribution in [-0.2, 0) is 19.6 Å². The van der Waals surface area contributed by atoms with Crippen molar-refractivity contribution in [2.24, 2.45) is 0 Å².